The molecule has 1 aromatic heterocycles. The van der Waals surface area contributed by atoms with Crippen LogP contribution in [0.4, 0.5) is 0 Å². The number of aryl methyl sites for hydroxylation is 1. The van der Waals surface area contributed by atoms with Crippen molar-refractivity contribution in [3.8, 4) is 6.07 Å². The number of rotatable bonds is 6. The molecular formula is C28H22N2O2. The number of benzene rings is 3. The van der Waals surface area contributed by atoms with Crippen molar-refractivity contribution < 1.29 is 9.53 Å². The van der Waals surface area contributed by atoms with Gasteiger partial charge in [-0.1, -0.05) is 96.6 Å². The molecule has 0 aliphatic heterocycles. The maximum absolute atomic E-state index is 12.2. The zero-order valence-electron chi connectivity index (χ0n) is 17.7. The zero-order valence-corrected chi connectivity index (χ0v) is 17.7. The number of pyridine rings is 1. The molecule has 4 aromatic rings. The second kappa shape index (κ2) is 9.28. The van der Waals surface area contributed by atoms with E-state index >= 15 is 0 Å². The van der Waals surface area contributed by atoms with Gasteiger partial charge in [-0.25, -0.2) is 9.78 Å². The van der Waals surface area contributed by atoms with E-state index in [1.165, 1.54) is 5.56 Å². The number of aromatic nitrogens is 1. The van der Waals surface area contributed by atoms with Crippen molar-refractivity contribution in [2.45, 2.75) is 12.3 Å². The van der Waals surface area contributed by atoms with Crippen LogP contribution in [-0.2, 0) is 10.2 Å². The Balaban J connectivity index is 1.96. The van der Waals surface area contributed by atoms with E-state index in [1.54, 1.807) is 18.3 Å². The van der Waals surface area contributed by atoms with Crippen LogP contribution in [0.2, 0.25) is 0 Å². The largest absolute Gasteiger partial charge is 0.446 e. The number of carbonyl (C=O) groups is 1. The summed E-state index contributed by atoms with van der Waals surface area (Å²) in [6.07, 6.45) is 1.73. The molecule has 4 heteroatoms. The molecule has 0 aliphatic rings. The first kappa shape index (κ1) is 21.0. The first-order chi connectivity index (χ1) is 15.7. The van der Waals surface area contributed by atoms with E-state index in [0.29, 0.717) is 0 Å². The number of hydrogen-bond donors (Lipinski definition) is 0. The summed E-state index contributed by atoms with van der Waals surface area (Å²) < 4.78 is 4.91. The van der Waals surface area contributed by atoms with Crippen LogP contribution in [0.25, 0.3) is 0 Å². The van der Waals surface area contributed by atoms with Gasteiger partial charge in [-0.05, 0) is 35.2 Å². The van der Waals surface area contributed by atoms with Gasteiger partial charge < -0.3 is 4.74 Å². The number of nitrogens with zero attached hydrogens (tertiary/aromatic N) is 2. The molecule has 0 saturated heterocycles. The fourth-order valence-corrected chi connectivity index (χ4v) is 4.09. The monoisotopic (exact) mass is 418 g/mol. The summed E-state index contributed by atoms with van der Waals surface area (Å²) in [5.41, 5.74) is 4.93. The molecule has 0 saturated carbocycles. The van der Waals surface area contributed by atoms with Gasteiger partial charge in [0.15, 0.2) is 6.61 Å². The zero-order chi connectivity index (χ0) is 22.4. The summed E-state index contributed by atoms with van der Waals surface area (Å²) in [5, 5.41) is 8.66. The molecule has 0 N–H and O–H groups in total. The fraction of sp³-hybridized carbons (Fsp3) is 0.107. The van der Waals surface area contributed by atoms with Gasteiger partial charge in [0.05, 0.1) is 5.41 Å². The molecule has 0 amide bonds. The van der Waals surface area contributed by atoms with Crippen LogP contribution in [0, 0.1) is 18.3 Å². The topological polar surface area (TPSA) is 63.0 Å². The highest BCUT2D eigenvalue weighted by molar-refractivity contribution is 5.87. The van der Waals surface area contributed by atoms with Crippen LogP contribution in [-0.4, -0.2) is 17.6 Å². The Bertz CT molecular complexity index is 1190. The standard InChI is InChI=1S/C28H22N2O2/c1-21-12-14-24(15-13-21)28(22-8-4-2-5-9-22,23-10-6-3-7-11-23)25-16-17-26(30-20-25)27(31)32-19-18-29/h2-17,20H,19H2,1H3. The highest BCUT2D eigenvalue weighted by Gasteiger charge is 2.38. The third-order valence-corrected chi connectivity index (χ3v) is 5.57. The molecule has 0 radical (unpaired) electrons. The number of hydrogen-bond acceptors (Lipinski definition) is 4. The van der Waals surface area contributed by atoms with Crippen molar-refractivity contribution >= 4 is 5.97 Å². The van der Waals surface area contributed by atoms with Crippen molar-refractivity contribution in [2.24, 2.45) is 0 Å². The molecule has 0 fully saturated rings. The summed E-state index contributed by atoms with van der Waals surface area (Å²) >= 11 is 0. The highest BCUT2D eigenvalue weighted by atomic mass is 16.5. The van der Waals surface area contributed by atoms with Crippen LogP contribution < -0.4 is 0 Å². The maximum atomic E-state index is 12.2. The second-order valence-corrected chi connectivity index (χ2v) is 7.51. The molecule has 4 nitrogen and oxygen atoms in total. The van der Waals surface area contributed by atoms with Gasteiger partial charge in [0.1, 0.15) is 11.8 Å². The van der Waals surface area contributed by atoms with Gasteiger partial charge in [0.25, 0.3) is 0 Å². The van der Waals surface area contributed by atoms with Gasteiger partial charge >= 0.3 is 5.97 Å². The SMILES string of the molecule is Cc1ccc(C(c2ccccc2)(c2ccccc2)c2ccc(C(=O)OCC#N)nc2)cc1. The quantitative estimate of drug-likeness (QED) is 0.308. The molecule has 1 heterocycles. The molecule has 32 heavy (non-hydrogen) atoms. The Kier molecular flexibility index (Phi) is 6.10. The van der Waals surface area contributed by atoms with Crippen LogP contribution in [0.15, 0.2) is 103 Å². The fourth-order valence-electron chi connectivity index (χ4n) is 4.09. The molecule has 0 unspecified atom stereocenters. The Morgan fingerprint density at radius 1 is 0.812 bits per heavy atom. The lowest BCUT2D eigenvalue weighted by molar-refractivity contribution is 0.0548. The van der Waals surface area contributed by atoms with Gasteiger partial charge in [0, 0.05) is 6.20 Å². The minimum atomic E-state index is -0.627. The summed E-state index contributed by atoms with van der Waals surface area (Å²) in [5.74, 6) is -0.613. The van der Waals surface area contributed by atoms with Crippen LogP contribution in [0.3, 0.4) is 0 Å². The number of esters is 1. The van der Waals surface area contributed by atoms with Crippen molar-refractivity contribution in [1.82, 2.24) is 4.98 Å². The predicted octanol–water partition coefficient (Wildman–Crippen LogP) is 5.45. The van der Waals surface area contributed by atoms with E-state index in [9.17, 15) is 4.79 Å². The Morgan fingerprint density at radius 3 is 1.84 bits per heavy atom. The summed E-state index contributed by atoms with van der Waals surface area (Å²) in [6.45, 7) is 1.77. The summed E-state index contributed by atoms with van der Waals surface area (Å²) in [6, 6.07) is 34.4. The molecule has 0 atom stereocenters. The molecule has 0 spiro atoms. The highest BCUT2D eigenvalue weighted by Crippen LogP contribution is 2.44. The number of carbonyl (C=O) groups excluding carboxylic acids is 1. The van der Waals surface area contributed by atoms with Gasteiger partial charge in [-0.15, -0.1) is 0 Å². The van der Waals surface area contributed by atoms with Gasteiger partial charge in [0.2, 0.25) is 0 Å². The molecule has 156 valence electrons. The summed E-state index contributed by atoms with van der Waals surface area (Å²) in [4.78, 5) is 16.6. The van der Waals surface area contributed by atoms with E-state index in [1.807, 2.05) is 42.5 Å². The van der Waals surface area contributed by atoms with Crippen molar-refractivity contribution in [3.05, 3.63) is 137 Å². The Labute approximate surface area is 187 Å². The van der Waals surface area contributed by atoms with E-state index in [4.69, 9.17) is 10.00 Å². The normalized spacial score (nSPS) is 10.9. The molecule has 0 aliphatic carbocycles. The van der Waals surface area contributed by atoms with Crippen LogP contribution in [0.5, 0.6) is 0 Å². The smallest absolute Gasteiger partial charge is 0.357 e. The number of ether oxygens (including phenoxy) is 1. The first-order valence-electron chi connectivity index (χ1n) is 10.3. The Hall–Kier alpha value is -4.23. The molecule has 3 aromatic carbocycles. The predicted molar refractivity (Wildman–Crippen MR) is 123 cm³/mol. The van der Waals surface area contributed by atoms with Gasteiger partial charge in [-0.3, -0.25) is 0 Å². The van der Waals surface area contributed by atoms with Crippen molar-refractivity contribution in [3.63, 3.8) is 0 Å². The van der Waals surface area contributed by atoms with Crippen LogP contribution in [0.1, 0.15) is 38.3 Å². The average molecular weight is 418 g/mol. The van der Waals surface area contributed by atoms with E-state index in [2.05, 4.69) is 60.4 Å². The minimum Gasteiger partial charge on any atom is -0.446 e. The first-order valence-corrected chi connectivity index (χ1v) is 10.3. The third kappa shape index (κ3) is 3.89. The minimum absolute atomic E-state index is 0.169. The summed E-state index contributed by atoms with van der Waals surface area (Å²) in [7, 11) is 0. The number of nitriles is 1. The molecule has 4 rings (SSSR count). The van der Waals surface area contributed by atoms with Crippen molar-refractivity contribution in [1.29, 1.82) is 5.26 Å². The second-order valence-electron chi connectivity index (χ2n) is 7.51. The third-order valence-electron chi connectivity index (χ3n) is 5.57. The van der Waals surface area contributed by atoms with E-state index < -0.39 is 11.4 Å². The Morgan fingerprint density at radius 2 is 1.34 bits per heavy atom. The van der Waals surface area contributed by atoms with E-state index in [0.717, 1.165) is 22.3 Å². The molecular weight excluding hydrogens is 396 g/mol. The van der Waals surface area contributed by atoms with Gasteiger partial charge in [-0.2, -0.15) is 5.26 Å². The lowest BCUT2D eigenvalue weighted by atomic mass is 9.65. The van der Waals surface area contributed by atoms with Crippen molar-refractivity contribution in [2.75, 3.05) is 6.61 Å². The lowest BCUT2D eigenvalue weighted by Crippen LogP contribution is -2.31. The van der Waals surface area contributed by atoms with Crippen LogP contribution >= 0.6 is 0 Å². The maximum Gasteiger partial charge on any atom is 0.357 e. The molecule has 0 bridgehead atoms. The van der Waals surface area contributed by atoms with E-state index in [-0.39, 0.29) is 12.3 Å². The average Bonchev–Trinajstić information content (AvgIpc) is 2.86. The lowest BCUT2D eigenvalue weighted by Gasteiger charge is -2.36.